The van der Waals surface area contributed by atoms with Crippen molar-refractivity contribution in [3.05, 3.63) is 12.7 Å². The lowest BCUT2D eigenvalue weighted by atomic mass is 10.2. The minimum absolute atomic E-state index is 0.479. The molecule has 0 saturated carbocycles. The quantitative estimate of drug-likeness (QED) is 0.366. The van der Waals surface area contributed by atoms with Gasteiger partial charge in [-0.3, -0.25) is 4.18 Å². The van der Waals surface area contributed by atoms with E-state index in [1.807, 2.05) is 0 Å². The maximum absolute atomic E-state index is 10.6. The third kappa shape index (κ3) is 5.96. The lowest BCUT2D eigenvalue weighted by Crippen LogP contribution is -2.15. The third-order valence-corrected chi connectivity index (χ3v) is 1.69. The van der Waals surface area contributed by atoms with Crippen molar-refractivity contribution in [1.29, 1.82) is 0 Å². The van der Waals surface area contributed by atoms with Crippen molar-refractivity contribution < 1.29 is 12.6 Å². The van der Waals surface area contributed by atoms with Gasteiger partial charge in [0.1, 0.15) is 6.10 Å². The van der Waals surface area contributed by atoms with Crippen LogP contribution in [0.4, 0.5) is 0 Å². The molecule has 0 bridgehead atoms. The average molecular weight is 188 g/mol. The van der Waals surface area contributed by atoms with Gasteiger partial charge < -0.3 is 0 Å². The van der Waals surface area contributed by atoms with Crippen LogP contribution in [0, 0.1) is 12.3 Å². The van der Waals surface area contributed by atoms with Crippen LogP contribution in [0.1, 0.15) is 12.8 Å². The number of hydrogen-bond donors (Lipinski definition) is 0. The Morgan fingerprint density at radius 3 is 2.67 bits per heavy atom. The molecule has 0 N–H and O–H groups in total. The molecule has 1 unspecified atom stereocenters. The van der Waals surface area contributed by atoms with Crippen LogP contribution in [0.3, 0.4) is 0 Å². The molecule has 1 atom stereocenters. The first-order valence-corrected chi connectivity index (χ1v) is 5.26. The van der Waals surface area contributed by atoms with Gasteiger partial charge in [-0.15, -0.1) is 13.0 Å². The minimum Gasteiger partial charge on any atom is -0.254 e. The molecule has 0 spiro atoms. The summed E-state index contributed by atoms with van der Waals surface area (Å²) >= 11 is 0. The predicted molar refractivity (Wildman–Crippen MR) is 48.0 cm³/mol. The Bertz CT molecular complexity index is 271. The van der Waals surface area contributed by atoms with Crippen molar-refractivity contribution in [2.75, 3.05) is 6.26 Å². The molecule has 0 aliphatic rings. The van der Waals surface area contributed by atoms with Crippen molar-refractivity contribution in [1.82, 2.24) is 0 Å². The molecule has 0 aromatic carbocycles. The Balaban J connectivity index is 4.03. The second-order valence-electron chi connectivity index (χ2n) is 2.32. The summed E-state index contributed by atoms with van der Waals surface area (Å²) in [6.07, 6.45) is 8.14. The summed E-state index contributed by atoms with van der Waals surface area (Å²) in [7, 11) is -3.44. The minimum atomic E-state index is -3.44. The molecule has 0 fully saturated rings. The third-order valence-electron chi connectivity index (χ3n) is 1.11. The molecule has 0 aromatic heterocycles. The van der Waals surface area contributed by atoms with E-state index in [0.29, 0.717) is 12.8 Å². The zero-order chi connectivity index (χ0) is 9.61. The SMILES string of the molecule is C#CC(CCC=C)OS(C)(=O)=O. The van der Waals surface area contributed by atoms with Crippen molar-refractivity contribution in [2.24, 2.45) is 0 Å². The van der Waals surface area contributed by atoms with Crippen molar-refractivity contribution >= 4 is 10.1 Å². The monoisotopic (exact) mass is 188 g/mol. The molecule has 0 aliphatic carbocycles. The summed E-state index contributed by atoms with van der Waals surface area (Å²) in [6, 6.07) is 0. The van der Waals surface area contributed by atoms with Crippen LogP contribution in [-0.4, -0.2) is 20.8 Å². The lowest BCUT2D eigenvalue weighted by Gasteiger charge is -2.07. The summed E-state index contributed by atoms with van der Waals surface area (Å²) in [4.78, 5) is 0. The summed E-state index contributed by atoms with van der Waals surface area (Å²) in [5.74, 6) is 2.24. The van der Waals surface area contributed by atoms with Crippen LogP contribution >= 0.6 is 0 Å². The first-order chi connectivity index (χ1) is 5.49. The van der Waals surface area contributed by atoms with Gasteiger partial charge in [0.15, 0.2) is 0 Å². The number of allylic oxidation sites excluding steroid dienone is 1. The highest BCUT2D eigenvalue weighted by molar-refractivity contribution is 7.86. The lowest BCUT2D eigenvalue weighted by molar-refractivity contribution is 0.258. The zero-order valence-electron chi connectivity index (χ0n) is 6.99. The fourth-order valence-electron chi connectivity index (χ4n) is 0.639. The maximum atomic E-state index is 10.6. The fourth-order valence-corrected chi connectivity index (χ4v) is 1.21. The summed E-state index contributed by atoms with van der Waals surface area (Å²) in [5.41, 5.74) is 0. The van der Waals surface area contributed by atoms with Crippen LogP contribution in [0.15, 0.2) is 12.7 Å². The fraction of sp³-hybridized carbons (Fsp3) is 0.500. The van der Waals surface area contributed by atoms with Crippen molar-refractivity contribution in [3.63, 3.8) is 0 Å². The molecular formula is C8H12O3S. The van der Waals surface area contributed by atoms with Gasteiger partial charge in [0.2, 0.25) is 0 Å². The molecule has 0 rings (SSSR count). The van der Waals surface area contributed by atoms with Gasteiger partial charge in [0.05, 0.1) is 6.26 Å². The smallest absolute Gasteiger partial charge is 0.254 e. The maximum Gasteiger partial charge on any atom is 0.265 e. The standard InChI is InChI=1S/C8H12O3S/c1-4-6-7-8(5-2)11-12(3,9)10/h2,4,8H,1,6-7H2,3H3. The van der Waals surface area contributed by atoms with Gasteiger partial charge in [-0.25, -0.2) is 0 Å². The van der Waals surface area contributed by atoms with Gasteiger partial charge in [-0.1, -0.05) is 12.0 Å². The summed E-state index contributed by atoms with van der Waals surface area (Å²) in [6.45, 7) is 3.49. The van der Waals surface area contributed by atoms with Gasteiger partial charge in [0.25, 0.3) is 10.1 Å². The second kappa shape index (κ2) is 4.96. The van der Waals surface area contributed by atoms with Crippen LogP contribution in [-0.2, 0) is 14.3 Å². The Morgan fingerprint density at radius 1 is 1.75 bits per heavy atom. The molecule has 0 heterocycles. The highest BCUT2D eigenvalue weighted by Gasteiger charge is 2.11. The molecule has 12 heavy (non-hydrogen) atoms. The average Bonchev–Trinajstić information content (AvgIpc) is 1.95. The van der Waals surface area contributed by atoms with E-state index in [0.717, 1.165) is 6.26 Å². The zero-order valence-corrected chi connectivity index (χ0v) is 7.80. The summed E-state index contributed by atoms with van der Waals surface area (Å²) < 4.78 is 25.8. The highest BCUT2D eigenvalue weighted by atomic mass is 32.2. The summed E-state index contributed by atoms with van der Waals surface area (Å²) in [5, 5.41) is 0. The Hall–Kier alpha value is -0.790. The Morgan fingerprint density at radius 2 is 2.33 bits per heavy atom. The van der Waals surface area contributed by atoms with E-state index < -0.39 is 16.2 Å². The van der Waals surface area contributed by atoms with E-state index in [4.69, 9.17) is 6.42 Å². The first-order valence-electron chi connectivity index (χ1n) is 3.45. The number of terminal acetylenes is 1. The topological polar surface area (TPSA) is 43.4 Å². The van der Waals surface area contributed by atoms with Crippen molar-refractivity contribution in [2.45, 2.75) is 18.9 Å². The van der Waals surface area contributed by atoms with E-state index in [2.05, 4.69) is 16.7 Å². The Kier molecular flexibility index (Phi) is 4.64. The van der Waals surface area contributed by atoms with Crippen LogP contribution in [0.2, 0.25) is 0 Å². The Labute approximate surface area is 73.6 Å². The van der Waals surface area contributed by atoms with Crippen molar-refractivity contribution in [3.8, 4) is 12.3 Å². The number of rotatable bonds is 5. The molecule has 0 aromatic rings. The van der Waals surface area contributed by atoms with Gasteiger partial charge in [-0.2, -0.15) is 8.42 Å². The van der Waals surface area contributed by atoms with E-state index in [9.17, 15) is 8.42 Å². The molecule has 0 amide bonds. The normalized spacial score (nSPS) is 13.3. The van der Waals surface area contributed by atoms with E-state index in [1.165, 1.54) is 0 Å². The molecule has 0 aliphatic heterocycles. The van der Waals surface area contributed by atoms with Crippen LogP contribution in [0.25, 0.3) is 0 Å². The largest absolute Gasteiger partial charge is 0.265 e. The molecule has 68 valence electrons. The van der Waals surface area contributed by atoms with E-state index in [1.54, 1.807) is 6.08 Å². The van der Waals surface area contributed by atoms with E-state index >= 15 is 0 Å². The van der Waals surface area contributed by atoms with Gasteiger partial charge in [0, 0.05) is 0 Å². The number of hydrogen-bond acceptors (Lipinski definition) is 3. The van der Waals surface area contributed by atoms with Crippen LogP contribution < -0.4 is 0 Å². The molecule has 0 saturated heterocycles. The van der Waals surface area contributed by atoms with Crippen LogP contribution in [0.5, 0.6) is 0 Å². The second-order valence-corrected chi connectivity index (χ2v) is 3.92. The molecule has 3 nitrogen and oxygen atoms in total. The predicted octanol–water partition coefficient (Wildman–Crippen LogP) is 0.931. The highest BCUT2D eigenvalue weighted by Crippen LogP contribution is 2.04. The molecule has 4 heteroatoms. The van der Waals surface area contributed by atoms with E-state index in [-0.39, 0.29) is 0 Å². The van der Waals surface area contributed by atoms with Gasteiger partial charge >= 0.3 is 0 Å². The molecule has 0 radical (unpaired) electrons. The first kappa shape index (κ1) is 11.2. The molecular weight excluding hydrogens is 176 g/mol. The van der Waals surface area contributed by atoms with Gasteiger partial charge in [-0.05, 0) is 12.8 Å².